The fourth-order valence-electron chi connectivity index (χ4n) is 5.47. The largest absolute Gasteiger partial charge is 0.395 e. The van der Waals surface area contributed by atoms with E-state index in [1.807, 2.05) is 6.92 Å². The molecular weight excluding hydrogens is 434 g/mol. The number of imidazole rings is 1. The molecular formula is C22H26ClN5O4. The molecule has 0 amide bonds. The van der Waals surface area contributed by atoms with Gasteiger partial charge in [0.05, 0.1) is 29.9 Å². The second-order valence-corrected chi connectivity index (χ2v) is 9.52. The van der Waals surface area contributed by atoms with Crippen LogP contribution in [0.1, 0.15) is 70.2 Å². The number of allylic oxidation sites excluding steroid dienone is 1. The number of H-pyrrole nitrogens is 1. The highest BCUT2D eigenvalue weighted by atomic mass is 35.5. The van der Waals surface area contributed by atoms with Crippen molar-refractivity contribution in [3.8, 4) is 0 Å². The number of aromatic nitrogens is 4. The number of ether oxygens (including phenoxy) is 1. The van der Waals surface area contributed by atoms with Crippen molar-refractivity contribution in [2.24, 2.45) is 11.1 Å². The van der Waals surface area contributed by atoms with E-state index in [-0.39, 0.29) is 46.1 Å². The zero-order valence-electron chi connectivity index (χ0n) is 17.9. The number of Topliss-reactive ketones (excluding diaryl/α,β-unsaturated/α-hetero) is 2. The zero-order chi connectivity index (χ0) is 22.6. The monoisotopic (exact) mass is 459 g/mol. The number of hydrogen-bond acceptors (Lipinski definition) is 7. The van der Waals surface area contributed by atoms with E-state index in [1.165, 1.54) is 4.57 Å². The number of hydrogen-bond donors (Lipinski definition) is 2. The number of rotatable bonds is 2. The number of nitrogens with two attached hydrogens (primary N) is 1. The zero-order valence-corrected chi connectivity index (χ0v) is 18.7. The lowest BCUT2D eigenvalue weighted by molar-refractivity contribution is -0.143. The van der Waals surface area contributed by atoms with Gasteiger partial charge in [0.2, 0.25) is 0 Å². The van der Waals surface area contributed by atoms with Gasteiger partial charge in [0.25, 0.3) is 0 Å². The minimum absolute atomic E-state index is 0.0166. The van der Waals surface area contributed by atoms with E-state index in [4.69, 9.17) is 22.1 Å². The highest BCUT2D eigenvalue weighted by molar-refractivity contribution is 6.33. The van der Waals surface area contributed by atoms with Crippen molar-refractivity contribution in [2.45, 2.75) is 70.4 Å². The lowest BCUT2D eigenvalue weighted by atomic mass is 9.62. The van der Waals surface area contributed by atoms with Gasteiger partial charge in [-0.15, -0.1) is 0 Å². The molecule has 3 aliphatic rings. The molecule has 2 aromatic heterocycles. The van der Waals surface area contributed by atoms with Gasteiger partial charge in [-0.1, -0.05) is 18.0 Å². The number of aromatic amines is 1. The molecule has 1 saturated heterocycles. The summed E-state index contributed by atoms with van der Waals surface area (Å²) in [6, 6.07) is -0.182. The Labute approximate surface area is 189 Å². The molecule has 3 heterocycles. The summed E-state index contributed by atoms with van der Waals surface area (Å²) in [6.45, 7) is 2.34. The number of carbonyl (C=O) groups excluding carboxylic acids is 2. The maximum atomic E-state index is 13.5. The minimum atomic E-state index is -0.960. The van der Waals surface area contributed by atoms with Crippen molar-refractivity contribution in [2.75, 3.05) is 6.61 Å². The Kier molecular flexibility index (Phi) is 5.21. The van der Waals surface area contributed by atoms with E-state index >= 15 is 0 Å². The summed E-state index contributed by atoms with van der Waals surface area (Å²) >= 11 is 6.38. The van der Waals surface area contributed by atoms with E-state index in [2.05, 4.69) is 15.0 Å². The maximum absolute atomic E-state index is 13.5. The molecule has 0 bridgehead atoms. The number of nitrogens with zero attached hydrogens (tertiary/aromatic N) is 3. The molecule has 170 valence electrons. The molecule has 2 saturated carbocycles. The fraction of sp³-hybridized carbons (Fsp3) is 0.591. The van der Waals surface area contributed by atoms with E-state index in [1.54, 1.807) is 0 Å². The molecule has 32 heavy (non-hydrogen) atoms. The van der Waals surface area contributed by atoms with Crippen molar-refractivity contribution in [1.29, 1.82) is 0 Å². The van der Waals surface area contributed by atoms with Crippen LogP contribution in [-0.2, 0) is 14.3 Å². The van der Waals surface area contributed by atoms with Crippen molar-refractivity contribution < 1.29 is 14.3 Å². The Morgan fingerprint density at radius 2 is 1.97 bits per heavy atom. The van der Waals surface area contributed by atoms with E-state index < -0.39 is 5.41 Å². The van der Waals surface area contributed by atoms with Crippen LogP contribution in [0.5, 0.6) is 0 Å². The number of fused-ring (bicyclic) bond motifs is 1. The third-order valence-corrected chi connectivity index (χ3v) is 7.44. The quantitative estimate of drug-likeness (QED) is 0.400. The van der Waals surface area contributed by atoms with Crippen LogP contribution in [0.4, 0.5) is 0 Å². The number of ketones is 2. The standard InChI is InChI=1S/C22H26ClN5O4/c1-11-9-12(10-32-11)28-20-16(25-21(28)31)18(23)26-19(27-20)15(24)13-5-4-8-22(17(13)30)7-3-2-6-14(22)29/h11-12H,2-10,24H2,1H3,(H,25,31)/b15-13-/t11?,12?,22-/m1/s1. The molecule has 2 unspecified atom stereocenters. The topological polar surface area (TPSA) is 133 Å². The average Bonchev–Trinajstić information content (AvgIpc) is 3.33. The van der Waals surface area contributed by atoms with Crippen LogP contribution in [0.15, 0.2) is 10.4 Å². The molecule has 3 atom stereocenters. The van der Waals surface area contributed by atoms with Gasteiger partial charge < -0.3 is 15.5 Å². The summed E-state index contributed by atoms with van der Waals surface area (Å²) in [4.78, 5) is 50.4. The molecule has 3 N–H and O–H groups in total. The molecule has 10 heteroatoms. The predicted molar refractivity (Wildman–Crippen MR) is 118 cm³/mol. The molecule has 2 aliphatic carbocycles. The van der Waals surface area contributed by atoms with Gasteiger partial charge in [0.1, 0.15) is 11.3 Å². The summed E-state index contributed by atoms with van der Waals surface area (Å²) in [5.41, 5.74) is 6.31. The van der Waals surface area contributed by atoms with Crippen LogP contribution in [0.2, 0.25) is 5.15 Å². The minimum Gasteiger partial charge on any atom is -0.395 e. The Morgan fingerprint density at radius 3 is 2.69 bits per heavy atom. The molecule has 0 radical (unpaired) electrons. The van der Waals surface area contributed by atoms with Crippen molar-refractivity contribution >= 4 is 40.0 Å². The number of nitrogens with one attached hydrogen (secondary N) is 1. The van der Waals surface area contributed by atoms with Crippen LogP contribution in [0.25, 0.3) is 16.9 Å². The summed E-state index contributed by atoms with van der Waals surface area (Å²) in [5, 5.41) is 0.0584. The summed E-state index contributed by atoms with van der Waals surface area (Å²) < 4.78 is 7.15. The van der Waals surface area contributed by atoms with Crippen LogP contribution < -0.4 is 11.4 Å². The van der Waals surface area contributed by atoms with E-state index in [0.29, 0.717) is 61.9 Å². The van der Waals surface area contributed by atoms with Crippen LogP contribution in [0.3, 0.4) is 0 Å². The number of carbonyl (C=O) groups is 2. The summed E-state index contributed by atoms with van der Waals surface area (Å²) in [7, 11) is 0. The molecule has 1 spiro atoms. The average molecular weight is 460 g/mol. The summed E-state index contributed by atoms with van der Waals surface area (Å²) in [6.07, 6.45) is 5.13. The van der Waals surface area contributed by atoms with Gasteiger partial charge in [-0.05, 0) is 45.4 Å². The molecule has 3 fully saturated rings. The Bertz CT molecular complexity index is 1210. The predicted octanol–water partition coefficient (Wildman–Crippen LogP) is 2.68. The first-order chi connectivity index (χ1) is 15.3. The first kappa shape index (κ1) is 21.3. The van der Waals surface area contributed by atoms with Gasteiger partial charge in [0.15, 0.2) is 22.4 Å². The lowest BCUT2D eigenvalue weighted by Crippen LogP contribution is -2.45. The first-order valence-electron chi connectivity index (χ1n) is 11.2. The fourth-order valence-corrected chi connectivity index (χ4v) is 5.68. The van der Waals surface area contributed by atoms with Crippen LogP contribution in [-0.4, -0.2) is 43.8 Å². The molecule has 0 aromatic carbocycles. The Morgan fingerprint density at radius 1 is 1.19 bits per heavy atom. The maximum Gasteiger partial charge on any atom is 0.328 e. The molecule has 2 aromatic rings. The van der Waals surface area contributed by atoms with Crippen LogP contribution in [0, 0.1) is 5.41 Å². The SMILES string of the molecule is CC1CC(n2c(=O)[nH]c3c(Cl)nc(/C(N)=C4\CCC[C@@]5(CCCCC5=O)C4=O)nc32)CO1. The first-order valence-corrected chi connectivity index (χ1v) is 11.6. The second-order valence-electron chi connectivity index (χ2n) is 9.16. The smallest absolute Gasteiger partial charge is 0.328 e. The highest BCUT2D eigenvalue weighted by Gasteiger charge is 2.49. The van der Waals surface area contributed by atoms with Crippen molar-refractivity contribution in [3.63, 3.8) is 0 Å². The lowest BCUT2D eigenvalue weighted by Gasteiger charge is -2.38. The van der Waals surface area contributed by atoms with Gasteiger partial charge in [-0.3, -0.25) is 14.2 Å². The Hall–Kier alpha value is -2.52. The molecule has 9 nitrogen and oxygen atoms in total. The second kappa shape index (κ2) is 7.81. The Balaban J connectivity index is 1.61. The van der Waals surface area contributed by atoms with Crippen molar-refractivity contribution in [3.05, 3.63) is 27.0 Å². The molecule has 5 rings (SSSR count). The van der Waals surface area contributed by atoms with E-state index in [9.17, 15) is 14.4 Å². The van der Waals surface area contributed by atoms with Gasteiger partial charge in [-0.25, -0.2) is 14.8 Å². The molecule has 1 aliphatic heterocycles. The highest BCUT2D eigenvalue weighted by Crippen LogP contribution is 2.45. The van der Waals surface area contributed by atoms with Gasteiger partial charge in [-0.2, -0.15) is 0 Å². The third-order valence-electron chi connectivity index (χ3n) is 7.16. The van der Waals surface area contributed by atoms with Crippen LogP contribution >= 0.6 is 11.6 Å². The summed E-state index contributed by atoms with van der Waals surface area (Å²) in [5.74, 6) is -0.0795. The normalized spacial score (nSPS) is 30.4. The van der Waals surface area contributed by atoms with Gasteiger partial charge in [0, 0.05) is 12.0 Å². The van der Waals surface area contributed by atoms with E-state index in [0.717, 1.165) is 12.8 Å². The number of halogens is 1. The van der Waals surface area contributed by atoms with Gasteiger partial charge >= 0.3 is 5.69 Å². The third kappa shape index (κ3) is 3.21. The van der Waals surface area contributed by atoms with Crippen molar-refractivity contribution in [1.82, 2.24) is 19.5 Å².